The first-order valence-electron chi connectivity index (χ1n) is 8.50. The first-order valence-corrected chi connectivity index (χ1v) is 9.49. The lowest BCUT2D eigenvalue weighted by Gasteiger charge is -2.21. The van der Waals surface area contributed by atoms with Crippen molar-refractivity contribution in [3.63, 3.8) is 0 Å². The summed E-state index contributed by atoms with van der Waals surface area (Å²) in [6.07, 6.45) is 6.10. The molecule has 0 atom stereocenters. The van der Waals surface area contributed by atoms with Crippen molar-refractivity contribution < 1.29 is 18.7 Å². The molecule has 0 bridgehead atoms. The quantitative estimate of drug-likeness (QED) is 0.550. The number of benzene rings is 1. The molecular weight excluding hydrogens is 340 g/mol. The van der Waals surface area contributed by atoms with E-state index in [0.29, 0.717) is 17.5 Å². The van der Waals surface area contributed by atoms with Gasteiger partial charge in [0, 0.05) is 0 Å². The fraction of sp³-hybridized carbons (Fsp3) is 0.500. The number of hydrogen-bond acceptors (Lipinski definition) is 7. The van der Waals surface area contributed by atoms with Gasteiger partial charge in [-0.3, -0.25) is 4.79 Å². The van der Waals surface area contributed by atoms with E-state index in [-0.39, 0.29) is 17.8 Å². The van der Waals surface area contributed by atoms with Crippen LogP contribution >= 0.6 is 11.8 Å². The van der Waals surface area contributed by atoms with Gasteiger partial charge in [0.15, 0.2) is 0 Å². The smallest absolute Gasteiger partial charge is 0.316 e. The number of thioether (sulfide) groups is 1. The number of esters is 1. The van der Waals surface area contributed by atoms with Crippen LogP contribution in [-0.2, 0) is 16.0 Å². The molecule has 1 aliphatic rings. The summed E-state index contributed by atoms with van der Waals surface area (Å²) in [5.41, 5.74) is 1.05. The van der Waals surface area contributed by atoms with Gasteiger partial charge < -0.3 is 13.9 Å². The zero-order valence-electron chi connectivity index (χ0n) is 14.3. The Kier molecular flexibility index (Phi) is 6.33. The van der Waals surface area contributed by atoms with Gasteiger partial charge in [0.1, 0.15) is 17.6 Å². The summed E-state index contributed by atoms with van der Waals surface area (Å²) in [6.45, 7) is 0. The topological polar surface area (TPSA) is 74.5 Å². The highest BCUT2D eigenvalue weighted by Crippen LogP contribution is 2.22. The van der Waals surface area contributed by atoms with Crippen molar-refractivity contribution in [2.75, 3.05) is 12.9 Å². The van der Waals surface area contributed by atoms with Crippen LogP contribution in [0.5, 0.6) is 5.75 Å². The van der Waals surface area contributed by atoms with E-state index in [1.807, 2.05) is 24.3 Å². The van der Waals surface area contributed by atoms with E-state index in [1.54, 1.807) is 7.11 Å². The molecule has 6 nitrogen and oxygen atoms in total. The van der Waals surface area contributed by atoms with Crippen LogP contribution in [0.3, 0.4) is 0 Å². The fourth-order valence-corrected chi connectivity index (χ4v) is 3.37. The standard InChI is InChI=1S/C18H22N2O4S/c1-22-14-9-7-13(8-10-14)11-16-19-20-18(24-16)25-12-17(21)23-15-5-3-2-4-6-15/h7-10,15H,2-6,11-12H2,1H3. The lowest BCUT2D eigenvalue weighted by atomic mass is 9.98. The van der Waals surface area contributed by atoms with Crippen LogP contribution in [0.4, 0.5) is 0 Å². The van der Waals surface area contributed by atoms with Crippen LogP contribution in [0.15, 0.2) is 33.9 Å². The van der Waals surface area contributed by atoms with Gasteiger partial charge in [-0.1, -0.05) is 30.3 Å². The molecule has 0 N–H and O–H groups in total. The van der Waals surface area contributed by atoms with E-state index >= 15 is 0 Å². The number of rotatable bonds is 7. The molecule has 3 rings (SSSR count). The average Bonchev–Trinajstić information content (AvgIpc) is 3.09. The summed E-state index contributed by atoms with van der Waals surface area (Å²) in [4.78, 5) is 11.9. The Bertz CT molecular complexity index is 681. The summed E-state index contributed by atoms with van der Waals surface area (Å²) in [5, 5.41) is 8.40. The van der Waals surface area contributed by atoms with Gasteiger partial charge >= 0.3 is 5.97 Å². The van der Waals surface area contributed by atoms with Gasteiger partial charge in [-0.25, -0.2) is 0 Å². The lowest BCUT2D eigenvalue weighted by molar-refractivity contribution is -0.147. The Morgan fingerprint density at radius 3 is 2.68 bits per heavy atom. The SMILES string of the molecule is COc1ccc(Cc2nnc(SCC(=O)OC3CCCCC3)o2)cc1. The van der Waals surface area contributed by atoms with Gasteiger partial charge in [-0.15, -0.1) is 10.2 Å². The Morgan fingerprint density at radius 1 is 1.20 bits per heavy atom. The summed E-state index contributed by atoms with van der Waals surface area (Å²) in [5.74, 6) is 1.31. The number of carbonyl (C=O) groups is 1. The fourth-order valence-electron chi connectivity index (χ4n) is 2.81. The highest BCUT2D eigenvalue weighted by molar-refractivity contribution is 7.99. The second-order valence-corrected chi connectivity index (χ2v) is 6.95. The first-order chi connectivity index (χ1) is 12.2. The Hall–Kier alpha value is -2.02. The molecule has 1 saturated carbocycles. The van der Waals surface area contributed by atoms with Crippen molar-refractivity contribution in [3.05, 3.63) is 35.7 Å². The van der Waals surface area contributed by atoms with Crippen molar-refractivity contribution in [2.45, 2.75) is 49.9 Å². The Balaban J connectivity index is 1.45. The zero-order valence-corrected chi connectivity index (χ0v) is 15.1. The van der Waals surface area contributed by atoms with E-state index in [2.05, 4.69) is 10.2 Å². The normalized spacial score (nSPS) is 15.1. The van der Waals surface area contributed by atoms with Crippen LogP contribution in [0.25, 0.3) is 0 Å². The Morgan fingerprint density at radius 2 is 1.96 bits per heavy atom. The maximum atomic E-state index is 11.9. The van der Waals surface area contributed by atoms with Crippen LogP contribution in [-0.4, -0.2) is 35.1 Å². The van der Waals surface area contributed by atoms with Gasteiger partial charge in [0.2, 0.25) is 5.89 Å². The largest absolute Gasteiger partial charge is 0.497 e. The molecule has 0 aliphatic heterocycles. The third-order valence-corrected chi connectivity index (χ3v) is 4.92. The molecule has 1 fully saturated rings. The number of nitrogens with zero attached hydrogens (tertiary/aromatic N) is 2. The first kappa shape index (κ1) is 17.8. The summed E-state index contributed by atoms with van der Waals surface area (Å²) < 4.78 is 16.2. The van der Waals surface area contributed by atoms with Crippen LogP contribution in [0.2, 0.25) is 0 Å². The molecule has 0 spiro atoms. The third kappa shape index (κ3) is 5.49. The minimum absolute atomic E-state index is 0.0789. The predicted molar refractivity (Wildman–Crippen MR) is 93.8 cm³/mol. The molecule has 1 aliphatic carbocycles. The molecule has 2 aromatic rings. The zero-order chi connectivity index (χ0) is 17.5. The number of carbonyl (C=O) groups excluding carboxylic acids is 1. The monoisotopic (exact) mass is 362 g/mol. The lowest BCUT2D eigenvalue weighted by Crippen LogP contribution is -2.21. The van der Waals surface area contributed by atoms with Crippen molar-refractivity contribution in [3.8, 4) is 5.75 Å². The second-order valence-electron chi connectivity index (χ2n) is 6.03. The molecular formula is C18H22N2O4S. The van der Waals surface area contributed by atoms with E-state index < -0.39 is 0 Å². The van der Waals surface area contributed by atoms with E-state index in [0.717, 1.165) is 37.0 Å². The summed E-state index contributed by atoms with van der Waals surface area (Å²) in [6, 6.07) is 7.69. The molecule has 1 aromatic heterocycles. The van der Waals surface area contributed by atoms with E-state index in [9.17, 15) is 4.79 Å². The third-order valence-electron chi connectivity index (χ3n) is 4.13. The van der Waals surface area contributed by atoms with Gasteiger partial charge in [-0.05, 0) is 43.4 Å². The van der Waals surface area contributed by atoms with Crippen LogP contribution in [0.1, 0.15) is 43.6 Å². The minimum Gasteiger partial charge on any atom is -0.497 e. The number of hydrogen-bond donors (Lipinski definition) is 0. The molecule has 25 heavy (non-hydrogen) atoms. The molecule has 1 aromatic carbocycles. The maximum absolute atomic E-state index is 11.9. The number of aromatic nitrogens is 2. The number of methoxy groups -OCH3 is 1. The second kappa shape index (κ2) is 8.89. The van der Waals surface area contributed by atoms with E-state index in [4.69, 9.17) is 13.9 Å². The van der Waals surface area contributed by atoms with Gasteiger partial charge in [0.05, 0.1) is 13.5 Å². The van der Waals surface area contributed by atoms with Crippen molar-refractivity contribution >= 4 is 17.7 Å². The molecule has 7 heteroatoms. The molecule has 0 amide bonds. The predicted octanol–water partition coefficient (Wildman–Crippen LogP) is 3.64. The highest BCUT2D eigenvalue weighted by Gasteiger charge is 2.18. The van der Waals surface area contributed by atoms with Crippen molar-refractivity contribution in [1.82, 2.24) is 10.2 Å². The van der Waals surface area contributed by atoms with Crippen molar-refractivity contribution in [2.24, 2.45) is 0 Å². The molecule has 1 heterocycles. The van der Waals surface area contributed by atoms with E-state index in [1.165, 1.54) is 18.2 Å². The molecule has 0 saturated heterocycles. The summed E-state index contributed by atoms with van der Waals surface area (Å²) >= 11 is 1.22. The molecule has 134 valence electrons. The summed E-state index contributed by atoms with van der Waals surface area (Å²) in [7, 11) is 1.63. The molecule has 0 unspecified atom stereocenters. The number of ether oxygens (including phenoxy) is 2. The molecule has 0 radical (unpaired) electrons. The highest BCUT2D eigenvalue weighted by atomic mass is 32.2. The van der Waals surface area contributed by atoms with Gasteiger partial charge in [-0.2, -0.15) is 0 Å². The Labute approximate surface area is 151 Å². The van der Waals surface area contributed by atoms with Crippen molar-refractivity contribution in [1.29, 1.82) is 0 Å². The van der Waals surface area contributed by atoms with Gasteiger partial charge in [0.25, 0.3) is 5.22 Å². The van der Waals surface area contributed by atoms with Crippen LogP contribution in [0, 0.1) is 0 Å². The average molecular weight is 362 g/mol. The maximum Gasteiger partial charge on any atom is 0.316 e. The van der Waals surface area contributed by atoms with Crippen LogP contribution < -0.4 is 4.74 Å². The minimum atomic E-state index is -0.216.